The molecule has 1 saturated carbocycles. The Morgan fingerprint density at radius 2 is 2.05 bits per heavy atom. The van der Waals surface area contributed by atoms with E-state index in [4.69, 9.17) is 0 Å². The summed E-state index contributed by atoms with van der Waals surface area (Å²) in [5, 5.41) is 15.2. The number of hydrogen-bond donors (Lipinski definition) is 3. The van der Waals surface area contributed by atoms with Crippen LogP contribution >= 0.6 is 0 Å². The average molecular weight is 276 g/mol. The molecule has 20 heavy (non-hydrogen) atoms. The second kappa shape index (κ2) is 5.25. The summed E-state index contributed by atoms with van der Waals surface area (Å²) in [4.78, 5) is 23.2. The fraction of sp³-hybridized carbons (Fsp3) is 0.467. The molecule has 1 aliphatic carbocycles. The molecular weight excluding hydrogens is 256 g/mol. The van der Waals surface area contributed by atoms with Gasteiger partial charge in [0.15, 0.2) is 0 Å². The molecule has 1 aromatic carbocycles. The summed E-state index contributed by atoms with van der Waals surface area (Å²) in [6.07, 6.45) is 0.197. The number of hydrogen-bond acceptors (Lipinski definition) is 3. The maximum absolute atomic E-state index is 12.2. The predicted molar refractivity (Wildman–Crippen MR) is 76.4 cm³/mol. The highest BCUT2D eigenvalue weighted by atomic mass is 16.3. The fourth-order valence-electron chi connectivity index (χ4n) is 2.33. The molecule has 108 valence electrons. The van der Waals surface area contributed by atoms with Gasteiger partial charge in [-0.05, 0) is 24.6 Å². The number of aliphatic hydroxyl groups is 1. The molecule has 0 aliphatic heterocycles. The van der Waals surface area contributed by atoms with E-state index in [-0.39, 0.29) is 29.4 Å². The van der Waals surface area contributed by atoms with Crippen molar-refractivity contribution in [3.8, 4) is 0 Å². The molecule has 0 heterocycles. The van der Waals surface area contributed by atoms with E-state index >= 15 is 0 Å². The van der Waals surface area contributed by atoms with Crippen LogP contribution in [0.25, 0.3) is 0 Å². The Morgan fingerprint density at radius 1 is 1.35 bits per heavy atom. The molecule has 1 aliphatic rings. The Morgan fingerprint density at radius 3 is 2.60 bits per heavy atom. The number of aliphatic hydroxyl groups excluding tert-OH is 1. The third kappa shape index (κ3) is 2.82. The zero-order valence-corrected chi connectivity index (χ0v) is 11.9. The van der Waals surface area contributed by atoms with Crippen molar-refractivity contribution in [1.29, 1.82) is 0 Å². The molecule has 5 heteroatoms. The minimum atomic E-state index is -0.376. The van der Waals surface area contributed by atoms with Gasteiger partial charge in [0, 0.05) is 29.6 Å². The highest BCUT2D eigenvalue weighted by Crippen LogP contribution is 2.40. The Kier molecular flexibility index (Phi) is 3.81. The molecular formula is C15H20N2O3. The Labute approximate surface area is 118 Å². The monoisotopic (exact) mass is 276 g/mol. The largest absolute Gasteiger partial charge is 0.392 e. The predicted octanol–water partition coefficient (Wildman–Crippen LogP) is 1.53. The van der Waals surface area contributed by atoms with Crippen LogP contribution < -0.4 is 10.6 Å². The van der Waals surface area contributed by atoms with Crippen molar-refractivity contribution in [2.75, 3.05) is 5.32 Å². The molecule has 0 spiro atoms. The first-order valence-corrected chi connectivity index (χ1v) is 6.67. The third-order valence-electron chi connectivity index (χ3n) is 3.97. The SMILES string of the molecule is CC(=O)Nc1cccc(C(=O)NC2CC(O)C2(C)C)c1. The standard InChI is InChI=1S/C15H20N2O3/c1-9(18)16-11-6-4-5-10(7-11)14(20)17-12-8-13(19)15(12,2)3/h4-7,12-13,19H,8H2,1-3H3,(H,16,18)(H,17,20). The van der Waals surface area contributed by atoms with Gasteiger partial charge in [-0.15, -0.1) is 0 Å². The molecule has 0 radical (unpaired) electrons. The van der Waals surface area contributed by atoms with Gasteiger partial charge in [-0.3, -0.25) is 9.59 Å². The summed E-state index contributed by atoms with van der Waals surface area (Å²) in [7, 11) is 0. The normalized spacial score (nSPS) is 23.6. The second-order valence-corrected chi connectivity index (χ2v) is 5.86. The van der Waals surface area contributed by atoms with Crippen LogP contribution in [0.15, 0.2) is 24.3 Å². The molecule has 0 bridgehead atoms. The van der Waals surface area contributed by atoms with Gasteiger partial charge < -0.3 is 15.7 Å². The van der Waals surface area contributed by atoms with Crippen LogP contribution in [0.2, 0.25) is 0 Å². The first-order chi connectivity index (χ1) is 9.30. The molecule has 1 aromatic rings. The van der Waals surface area contributed by atoms with E-state index in [0.29, 0.717) is 17.7 Å². The van der Waals surface area contributed by atoms with Crippen molar-refractivity contribution in [2.24, 2.45) is 5.41 Å². The van der Waals surface area contributed by atoms with Crippen LogP contribution in [0, 0.1) is 5.41 Å². The van der Waals surface area contributed by atoms with Gasteiger partial charge >= 0.3 is 0 Å². The van der Waals surface area contributed by atoms with Crippen molar-refractivity contribution < 1.29 is 14.7 Å². The van der Waals surface area contributed by atoms with Gasteiger partial charge in [-0.2, -0.15) is 0 Å². The number of nitrogens with one attached hydrogen (secondary N) is 2. The Balaban J connectivity index is 2.05. The average Bonchev–Trinajstić information content (AvgIpc) is 2.37. The van der Waals surface area contributed by atoms with E-state index in [2.05, 4.69) is 10.6 Å². The van der Waals surface area contributed by atoms with Crippen LogP contribution in [0.1, 0.15) is 37.6 Å². The van der Waals surface area contributed by atoms with Gasteiger partial charge in [0.05, 0.1) is 6.10 Å². The Hall–Kier alpha value is -1.88. The second-order valence-electron chi connectivity index (χ2n) is 5.86. The maximum Gasteiger partial charge on any atom is 0.251 e. The third-order valence-corrected chi connectivity index (χ3v) is 3.97. The molecule has 3 N–H and O–H groups in total. The minimum Gasteiger partial charge on any atom is -0.392 e. The molecule has 2 unspecified atom stereocenters. The smallest absolute Gasteiger partial charge is 0.251 e. The van der Waals surface area contributed by atoms with Gasteiger partial charge in [0.2, 0.25) is 5.91 Å². The topological polar surface area (TPSA) is 78.4 Å². The number of rotatable bonds is 3. The lowest BCUT2D eigenvalue weighted by Crippen LogP contribution is -2.61. The number of carbonyl (C=O) groups is 2. The highest BCUT2D eigenvalue weighted by Gasteiger charge is 2.47. The lowest BCUT2D eigenvalue weighted by Gasteiger charge is -2.49. The Bertz CT molecular complexity index is 540. The van der Waals surface area contributed by atoms with Crippen molar-refractivity contribution >= 4 is 17.5 Å². The number of benzene rings is 1. The zero-order valence-electron chi connectivity index (χ0n) is 11.9. The van der Waals surface area contributed by atoms with E-state index in [1.807, 2.05) is 13.8 Å². The lowest BCUT2D eigenvalue weighted by atomic mass is 9.64. The number of anilines is 1. The first-order valence-electron chi connectivity index (χ1n) is 6.67. The van der Waals surface area contributed by atoms with E-state index in [0.717, 1.165) is 0 Å². The van der Waals surface area contributed by atoms with Crippen LogP contribution in [-0.2, 0) is 4.79 Å². The molecule has 1 fully saturated rings. The van der Waals surface area contributed by atoms with E-state index in [9.17, 15) is 14.7 Å². The van der Waals surface area contributed by atoms with Crippen LogP contribution in [0.5, 0.6) is 0 Å². The van der Waals surface area contributed by atoms with Crippen LogP contribution in [0.4, 0.5) is 5.69 Å². The van der Waals surface area contributed by atoms with E-state index in [1.165, 1.54) is 6.92 Å². The highest BCUT2D eigenvalue weighted by molar-refractivity contribution is 5.97. The molecule has 0 aromatic heterocycles. The van der Waals surface area contributed by atoms with Gasteiger partial charge in [-0.1, -0.05) is 19.9 Å². The zero-order chi connectivity index (χ0) is 14.9. The van der Waals surface area contributed by atoms with E-state index < -0.39 is 0 Å². The maximum atomic E-state index is 12.2. The summed E-state index contributed by atoms with van der Waals surface area (Å²) in [5.74, 6) is -0.368. The molecule has 2 amide bonds. The summed E-state index contributed by atoms with van der Waals surface area (Å²) < 4.78 is 0. The molecule has 2 atom stereocenters. The minimum absolute atomic E-state index is 0.0329. The fourth-order valence-corrected chi connectivity index (χ4v) is 2.33. The van der Waals surface area contributed by atoms with Crippen LogP contribution in [0.3, 0.4) is 0 Å². The lowest BCUT2D eigenvalue weighted by molar-refractivity contribution is -0.114. The molecule has 0 saturated heterocycles. The van der Waals surface area contributed by atoms with Gasteiger partial charge in [-0.25, -0.2) is 0 Å². The van der Waals surface area contributed by atoms with Gasteiger partial charge in [0.1, 0.15) is 0 Å². The number of carbonyl (C=O) groups excluding carboxylic acids is 2. The molecule has 5 nitrogen and oxygen atoms in total. The van der Waals surface area contributed by atoms with Crippen molar-refractivity contribution in [2.45, 2.75) is 39.3 Å². The van der Waals surface area contributed by atoms with Crippen molar-refractivity contribution in [3.05, 3.63) is 29.8 Å². The van der Waals surface area contributed by atoms with Gasteiger partial charge in [0.25, 0.3) is 5.91 Å². The van der Waals surface area contributed by atoms with Crippen molar-refractivity contribution in [1.82, 2.24) is 5.32 Å². The summed E-state index contributed by atoms with van der Waals surface area (Å²) in [5.41, 5.74) is 0.789. The first kappa shape index (κ1) is 14.5. The summed E-state index contributed by atoms with van der Waals surface area (Å²) >= 11 is 0. The summed E-state index contributed by atoms with van der Waals surface area (Å²) in [6.45, 7) is 5.28. The quantitative estimate of drug-likeness (QED) is 0.783. The number of amides is 2. The summed E-state index contributed by atoms with van der Waals surface area (Å²) in [6, 6.07) is 6.76. The molecule has 2 rings (SSSR count). The van der Waals surface area contributed by atoms with Crippen LogP contribution in [-0.4, -0.2) is 29.1 Å². The van der Waals surface area contributed by atoms with E-state index in [1.54, 1.807) is 24.3 Å². The van der Waals surface area contributed by atoms with Crippen molar-refractivity contribution in [3.63, 3.8) is 0 Å².